The molecule has 1 saturated heterocycles. The predicted molar refractivity (Wildman–Crippen MR) is 121 cm³/mol. The van der Waals surface area contributed by atoms with Crippen molar-refractivity contribution in [1.82, 2.24) is 14.8 Å². The summed E-state index contributed by atoms with van der Waals surface area (Å²) in [6, 6.07) is 3.44. The summed E-state index contributed by atoms with van der Waals surface area (Å²) in [5.74, 6) is -0.980. The molecular weight excluding hydrogens is 413 g/mol. The minimum absolute atomic E-state index is 0.186. The summed E-state index contributed by atoms with van der Waals surface area (Å²) in [6.45, 7) is 4.20. The van der Waals surface area contributed by atoms with Gasteiger partial charge in [-0.15, -0.1) is 0 Å². The molecule has 1 atom stereocenters. The number of benzene rings is 1. The second-order valence-electron chi connectivity index (χ2n) is 8.38. The SMILES string of the molecule is Cc1[nH]c(/C=C2\C(=O)Nc3ccc(F)cc32)c(C)c1NC(=O)[C@H]1CCCN1C(=O)N(C)C. The van der Waals surface area contributed by atoms with E-state index in [1.165, 1.54) is 23.1 Å². The minimum atomic E-state index is -0.532. The van der Waals surface area contributed by atoms with E-state index in [4.69, 9.17) is 0 Å². The van der Waals surface area contributed by atoms with Gasteiger partial charge in [0.05, 0.1) is 11.3 Å². The maximum atomic E-state index is 13.7. The smallest absolute Gasteiger partial charge is 0.320 e. The van der Waals surface area contributed by atoms with Crippen LogP contribution >= 0.6 is 0 Å². The number of nitrogens with zero attached hydrogens (tertiary/aromatic N) is 2. The number of fused-ring (bicyclic) bond motifs is 1. The van der Waals surface area contributed by atoms with Crippen molar-refractivity contribution in [3.63, 3.8) is 0 Å². The van der Waals surface area contributed by atoms with Gasteiger partial charge in [-0.25, -0.2) is 9.18 Å². The normalized spacial score (nSPS) is 18.7. The number of anilines is 2. The molecule has 4 amide bonds. The third-order valence-corrected chi connectivity index (χ3v) is 5.96. The van der Waals surface area contributed by atoms with E-state index in [9.17, 15) is 18.8 Å². The molecule has 0 unspecified atom stereocenters. The fraction of sp³-hybridized carbons (Fsp3) is 0.348. The lowest BCUT2D eigenvalue weighted by atomic mass is 10.0. The van der Waals surface area contributed by atoms with Crippen molar-refractivity contribution in [2.45, 2.75) is 32.7 Å². The van der Waals surface area contributed by atoms with E-state index < -0.39 is 11.9 Å². The first-order valence-corrected chi connectivity index (χ1v) is 10.5. The van der Waals surface area contributed by atoms with Gasteiger partial charge < -0.3 is 25.4 Å². The van der Waals surface area contributed by atoms with Crippen molar-refractivity contribution < 1.29 is 18.8 Å². The number of aromatic amines is 1. The maximum absolute atomic E-state index is 13.7. The molecule has 9 heteroatoms. The number of rotatable bonds is 3. The Kier molecular flexibility index (Phi) is 5.50. The number of aromatic nitrogens is 1. The Balaban J connectivity index is 1.60. The number of carbonyl (C=O) groups is 3. The molecule has 32 heavy (non-hydrogen) atoms. The number of likely N-dealkylation sites (tertiary alicyclic amines) is 1. The van der Waals surface area contributed by atoms with Gasteiger partial charge in [-0.3, -0.25) is 9.59 Å². The summed E-state index contributed by atoms with van der Waals surface area (Å²) >= 11 is 0. The highest BCUT2D eigenvalue weighted by atomic mass is 19.1. The van der Waals surface area contributed by atoms with Crippen LogP contribution in [-0.4, -0.2) is 59.3 Å². The predicted octanol–water partition coefficient (Wildman–Crippen LogP) is 3.35. The number of urea groups is 1. The van der Waals surface area contributed by atoms with Gasteiger partial charge in [0.15, 0.2) is 0 Å². The van der Waals surface area contributed by atoms with Crippen LogP contribution in [0.4, 0.5) is 20.6 Å². The molecule has 0 spiro atoms. The van der Waals surface area contributed by atoms with Crippen molar-refractivity contribution in [1.29, 1.82) is 0 Å². The first-order chi connectivity index (χ1) is 15.2. The van der Waals surface area contributed by atoms with E-state index in [0.717, 1.165) is 17.7 Å². The van der Waals surface area contributed by atoms with E-state index >= 15 is 0 Å². The van der Waals surface area contributed by atoms with E-state index in [2.05, 4.69) is 15.6 Å². The largest absolute Gasteiger partial charge is 0.357 e. The number of nitrogens with one attached hydrogen (secondary N) is 3. The van der Waals surface area contributed by atoms with Crippen LogP contribution in [0.15, 0.2) is 18.2 Å². The zero-order valence-corrected chi connectivity index (χ0v) is 18.5. The molecule has 1 aromatic carbocycles. The van der Waals surface area contributed by atoms with Crippen LogP contribution in [0.3, 0.4) is 0 Å². The number of amides is 4. The highest BCUT2D eigenvalue weighted by Crippen LogP contribution is 2.35. The van der Waals surface area contributed by atoms with Crippen LogP contribution < -0.4 is 10.6 Å². The van der Waals surface area contributed by atoms with Crippen LogP contribution in [0.2, 0.25) is 0 Å². The quantitative estimate of drug-likeness (QED) is 0.640. The van der Waals surface area contributed by atoms with E-state index in [1.807, 2.05) is 13.8 Å². The van der Waals surface area contributed by atoms with E-state index in [-0.39, 0.29) is 17.8 Å². The van der Waals surface area contributed by atoms with Crippen molar-refractivity contribution in [3.8, 4) is 0 Å². The Hall–Kier alpha value is -3.62. The molecular formula is C23H26FN5O3. The Morgan fingerprint density at radius 3 is 2.75 bits per heavy atom. The molecule has 0 bridgehead atoms. The van der Waals surface area contributed by atoms with Crippen LogP contribution in [0, 0.1) is 19.7 Å². The third kappa shape index (κ3) is 3.74. The molecule has 2 aliphatic rings. The first kappa shape index (κ1) is 21.6. The van der Waals surface area contributed by atoms with Gasteiger partial charge in [-0.05, 0) is 56.5 Å². The van der Waals surface area contributed by atoms with Crippen LogP contribution in [-0.2, 0) is 9.59 Å². The van der Waals surface area contributed by atoms with Crippen molar-refractivity contribution >= 4 is 40.9 Å². The summed E-state index contributed by atoms with van der Waals surface area (Å²) in [6.07, 6.45) is 3.04. The number of H-pyrrole nitrogens is 1. The molecule has 0 saturated carbocycles. The van der Waals surface area contributed by atoms with Gasteiger partial charge in [0.2, 0.25) is 5.91 Å². The second-order valence-corrected chi connectivity index (χ2v) is 8.38. The van der Waals surface area contributed by atoms with Crippen LogP contribution in [0.1, 0.15) is 35.4 Å². The van der Waals surface area contributed by atoms with Crippen molar-refractivity contribution in [2.24, 2.45) is 0 Å². The average Bonchev–Trinajstić information content (AvgIpc) is 3.41. The van der Waals surface area contributed by atoms with Gasteiger partial charge in [0.1, 0.15) is 11.9 Å². The lowest BCUT2D eigenvalue weighted by molar-refractivity contribution is -0.119. The molecule has 2 aromatic rings. The summed E-state index contributed by atoms with van der Waals surface area (Å²) in [5.41, 5.74) is 4.14. The summed E-state index contributed by atoms with van der Waals surface area (Å²) in [4.78, 5) is 44.1. The molecule has 0 radical (unpaired) electrons. The van der Waals surface area contributed by atoms with E-state index in [1.54, 1.807) is 25.1 Å². The average molecular weight is 439 g/mol. The summed E-state index contributed by atoms with van der Waals surface area (Å²) in [5, 5.41) is 5.69. The molecule has 1 aromatic heterocycles. The Labute approximate surface area is 185 Å². The number of carbonyl (C=O) groups excluding carboxylic acids is 3. The number of aryl methyl sites for hydroxylation is 1. The Morgan fingerprint density at radius 1 is 1.28 bits per heavy atom. The first-order valence-electron chi connectivity index (χ1n) is 10.5. The topological polar surface area (TPSA) is 97.5 Å². The van der Waals surface area contributed by atoms with Gasteiger partial charge in [-0.2, -0.15) is 0 Å². The van der Waals surface area contributed by atoms with Crippen LogP contribution in [0.5, 0.6) is 0 Å². The Morgan fingerprint density at radius 2 is 2.03 bits per heavy atom. The van der Waals surface area contributed by atoms with Crippen LogP contribution in [0.25, 0.3) is 11.6 Å². The molecule has 1 fully saturated rings. The molecule has 3 N–H and O–H groups in total. The zero-order valence-electron chi connectivity index (χ0n) is 18.5. The van der Waals surface area contributed by atoms with Crippen molar-refractivity contribution in [2.75, 3.05) is 31.3 Å². The molecule has 8 nitrogen and oxygen atoms in total. The van der Waals surface area contributed by atoms with Gasteiger partial charge >= 0.3 is 6.03 Å². The Bertz CT molecular complexity index is 1150. The maximum Gasteiger partial charge on any atom is 0.320 e. The highest BCUT2D eigenvalue weighted by Gasteiger charge is 2.35. The molecule has 168 valence electrons. The van der Waals surface area contributed by atoms with Gasteiger partial charge in [0, 0.05) is 43.3 Å². The summed E-state index contributed by atoms with van der Waals surface area (Å²) in [7, 11) is 3.33. The number of hydrogen-bond donors (Lipinski definition) is 3. The molecule has 3 heterocycles. The van der Waals surface area contributed by atoms with Gasteiger partial charge in [0.25, 0.3) is 5.91 Å². The van der Waals surface area contributed by atoms with Gasteiger partial charge in [-0.1, -0.05) is 0 Å². The number of hydrogen-bond acceptors (Lipinski definition) is 3. The lowest BCUT2D eigenvalue weighted by Crippen LogP contribution is -2.47. The molecule has 4 rings (SSSR count). The lowest BCUT2D eigenvalue weighted by Gasteiger charge is -2.27. The number of halogens is 1. The third-order valence-electron chi connectivity index (χ3n) is 5.96. The highest BCUT2D eigenvalue weighted by molar-refractivity contribution is 6.34. The molecule has 2 aliphatic heterocycles. The standard InChI is InChI=1S/C23H26FN5O3/c1-12-18(11-16-15-10-14(24)7-8-17(15)26-21(16)30)25-13(2)20(12)27-22(31)19-6-5-9-29(19)23(32)28(3)4/h7-8,10-11,19,25H,5-6,9H2,1-4H3,(H,26,30)(H,27,31)/b16-11-/t19-/m1/s1. The second kappa shape index (κ2) is 8.14. The fourth-order valence-corrected chi connectivity index (χ4v) is 4.29. The van der Waals surface area contributed by atoms with Crippen molar-refractivity contribution in [3.05, 3.63) is 46.5 Å². The van der Waals surface area contributed by atoms with E-state index in [0.29, 0.717) is 41.2 Å². The molecule has 0 aliphatic carbocycles. The fourth-order valence-electron chi connectivity index (χ4n) is 4.29. The monoisotopic (exact) mass is 439 g/mol. The minimum Gasteiger partial charge on any atom is -0.357 e. The summed E-state index contributed by atoms with van der Waals surface area (Å²) < 4.78 is 13.7. The zero-order chi connectivity index (χ0) is 23.2.